The lowest BCUT2D eigenvalue weighted by molar-refractivity contribution is 0.629. The number of thiocarbonyl (C=S) groups is 1. The van der Waals surface area contributed by atoms with Gasteiger partial charge in [0.15, 0.2) is 0 Å². The van der Waals surface area contributed by atoms with Crippen molar-refractivity contribution in [2.24, 2.45) is 5.73 Å². The van der Waals surface area contributed by atoms with E-state index in [4.69, 9.17) is 23.2 Å². The van der Waals surface area contributed by atoms with Gasteiger partial charge in [0.1, 0.15) is 11.1 Å². The van der Waals surface area contributed by atoms with Crippen molar-refractivity contribution >= 4 is 23.3 Å². The number of aryl methyl sites for hydroxylation is 1. The summed E-state index contributed by atoms with van der Waals surface area (Å²) in [5.41, 5.74) is 10.4. The smallest absolute Gasteiger partial charge is 0.114 e. The Hall–Kier alpha value is -3.74. The molecule has 28 heavy (non-hydrogen) atoms. The third-order valence-corrected chi connectivity index (χ3v) is 4.41. The van der Waals surface area contributed by atoms with Gasteiger partial charge in [-0.15, -0.1) is 0 Å². The van der Waals surface area contributed by atoms with E-state index in [9.17, 15) is 5.26 Å². The van der Waals surface area contributed by atoms with Crippen LogP contribution < -0.4 is 5.73 Å². The lowest BCUT2D eigenvalue weighted by atomic mass is 10.0. The summed E-state index contributed by atoms with van der Waals surface area (Å²) in [6.45, 7) is 0.467. The SMILES string of the molecule is N#CCCn1cc(/C=C(/C#N)C(N)=S)c(-c2ccc(-c3ccccc3)cc2)n1. The summed E-state index contributed by atoms with van der Waals surface area (Å²) in [7, 11) is 0. The summed E-state index contributed by atoms with van der Waals surface area (Å²) in [6.07, 6.45) is 3.78. The lowest BCUT2D eigenvalue weighted by Crippen LogP contribution is -2.09. The molecule has 0 atom stereocenters. The zero-order valence-electron chi connectivity index (χ0n) is 15.0. The van der Waals surface area contributed by atoms with Gasteiger partial charge in [-0.3, -0.25) is 4.68 Å². The molecule has 2 aromatic carbocycles. The van der Waals surface area contributed by atoms with Crippen LogP contribution in [0, 0.1) is 22.7 Å². The minimum atomic E-state index is 0.0395. The maximum absolute atomic E-state index is 9.27. The molecule has 1 aromatic heterocycles. The Kier molecular flexibility index (Phi) is 5.96. The molecule has 0 radical (unpaired) electrons. The molecule has 0 bridgehead atoms. The van der Waals surface area contributed by atoms with Crippen molar-refractivity contribution in [3.63, 3.8) is 0 Å². The van der Waals surface area contributed by atoms with Crippen molar-refractivity contribution in [3.05, 3.63) is 71.9 Å². The van der Waals surface area contributed by atoms with Crippen molar-refractivity contribution in [1.29, 1.82) is 10.5 Å². The average Bonchev–Trinajstić information content (AvgIpc) is 3.13. The molecule has 5 nitrogen and oxygen atoms in total. The minimum absolute atomic E-state index is 0.0395. The highest BCUT2D eigenvalue weighted by molar-refractivity contribution is 7.80. The van der Waals surface area contributed by atoms with Crippen LogP contribution in [-0.2, 0) is 6.54 Å². The molecule has 6 heteroatoms. The molecule has 0 aliphatic carbocycles. The fourth-order valence-electron chi connectivity index (χ4n) is 2.81. The average molecular weight is 383 g/mol. The molecular formula is C22H17N5S. The van der Waals surface area contributed by atoms with Crippen LogP contribution in [-0.4, -0.2) is 14.8 Å². The first-order valence-electron chi connectivity index (χ1n) is 8.64. The van der Waals surface area contributed by atoms with E-state index in [-0.39, 0.29) is 10.6 Å². The summed E-state index contributed by atoms with van der Waals surface area (Å²) in [5, 5.41) is 22.7. The molecule has 2 N–H and O–H groups in total. The number of nitrogens with two attached hydrogens (primary N) is 1. The van der Waals surface area contributed by atoms with E-state index in [2.05, 4.69) is 23.3 Å². The van der Waals surface area contributed by atoms with Crippen molar-refractivity contribution in [2.75, 3.05) is 0 Å². The van der Waals surface area contributed by atoms with Crippen LogP contribution >= 0.6 is 12.2 Å². The Morgan fingerprint density at radius 1 is 1.04 bits per heavy atom. The van der Waals surface area contributed by atoms with Crippen molar-refractivity contribution < 1.29 is 0 Å². The van der Waals surface area contributed by atoms with Gasteiger partial charge in [-0.1, -0.05) is 66.8 Å². The first-order valence-corrected chi connectivity index (χ1v) is 9.05. The van der Waals surface area contributed by atoms with Gasteiger partial charge in [0.25, 0.3) is 0 Å². The van der Waals surface area contributed by atoms with Gasteiger partial charge in [-0.05, 0) is 17.2 Å². The van der Waals surface area contributed by atoms with Crippen LogP contribution in [0.1, 0.15) is 12.0 Å². The second kappa shape index (κ2) is 8.77. The first-order chi connectivity index (χ1) is 13.6. The molecular weight excluding hydrogens is 366 g/mol. The van der Waals surface area contributed by atoms with Crippen molar-refractivity contribution in [2.45, 2.75) is 13.0 Å². The second-order valence-corrected chi connectivity index (χ2v) is 6.52. The molecule has 1 heterocycles. The Morgan fingerprint density at radius 3 is 2.29 bits per heavy atom. The van der Waals surface area contributed by atoms with Gasteiger partial charge in [0.05, 0.1) is 30.3 Å². The quantitative estimate of drug-likeness (QED) is 0.389. The topological polar surface area (TPSA) is 91.4 Å². The van der Waals surface area contributed by atoms with Crippen LogP contribution in [0.15, 0.2) is 66.4 Å². The van der Waals surface area contributed by atoms with E-state index in [0.717, 1.165) is 22.3 Å². The lowest BCUT2D eigenvalue weighted by Gasteiger charge is -2.04. The number of hydrogen-bond donors (Lipinski definition) is 1. The fourth-order valence-corrected chi connectivity index (χ4v) is 2.92. The predicted octanol–water partition coefficient (Wildman–Crippen LogP) is 4.32. The summed E-state index contributed by atoms with van der Waals surface area (Å²) >= 11 is 4.94. The zero-order valence-corrected chi connectivity index (χ0v) is 15.9. The van der Waals surface area contributed by atoms with Crippen molar-refractivity contribution in [3.8, 4) is 34.5 Å². The molecule has 0 amide bonds. The molecule has 0 aliphatic rings. The predicted molar refractivity (Wildman–Crippen MR) is 114 cm³/mol. The molecule has 3 rings (SSSR count). The normalized spacial score (nSPS) is 10.9. The summed E-state index contributed by atoms with van der Waals surface area (Å²) in [6, 6.07) is 22.3. The van der Waals surface area contributed by atoms with E-state index >= 15 is 0 Å². The van der Waals surface area contributed by atoms with Gasteiger partial charge < -0.3 is 5.73 Å². The standard InChI is InChI=1S/C22H17N5S/c23-11-4-12-27-15-20(13-19(14-24)22(25)28)21(26-27)18-9-7-17(8-10-18)16-5-2-1-3-6-16/h1-3,5-10,13,15H,4,12H2,(H2,25,28)/b19-13-. The van der Waals surface area contributed by atoms with Crippen LogP contribution in [0.25, 0.3) is 28.5 Å². The molecule has 136 valence electrons. The number of nitrogens with zero attached hydrogens (tertiary/aromatic N) is 4. The summed E-state index contributed by atoms with van der Waals surface area (Å²) < 4.78 is 1.70. The maximum atomic E-state index is 9.27. The molecule has 0 saturated carbocycles. The van der Waals surface area contributed by atoms with Gasteiger partial charge >= 0.3 is 0 Å². The number of rotatable bonds is 6. The first kappa shape index (κ1) is 19.0. The van der Waals surface area contributed by atoms with Crippen LogP contribution in [0.4, 0.5) is 0 Å². The molecule has 0 unspecified atom stereocenters. The Labute approximate surface area is 169 Å². The highest BCUT2D eigenvalue weighted by atomic mass is 32.1. The molecule has 0 aliphatic heterocycles. The fraction of sp³-hybridized carbons (Fsp3) is 0.0909. The van der Waals surface area contributed by atoms with E-state index in [1.165, 1.54) is 0 Å². The van der Waals surface area contributed by atoms with Gasteiger partial charge in [-0.25, -0.2) is 0 Å². The number of aromatic nitrogens is 2. The zero-order chi connectivity index (χ0) is 19.9. The Morgan fingerprint density at radius 2 is 1.68 bits per heavy atom. The van der Waals surface area contributed by atoms with Gasteiger partial charge in [0.2, 0.25) is 0 Å². The third-order valence-electron chi connectivity index (χ3n) is 4.19. The summed E-state index contributed by atoms with van der Waals surface area (Å²) in [5.74, 6) is 0. The molecule has 3 aromatic rings. The minimum Gasteiger partial charge on any atom is -0.389 e. The Balaban J connectivity index is 2.02. The van der Waals surface area contributed by atoms with E-state index in [1.54, 1.807) is 17.0 Å². The van der Waals surface area contributed by atoms with E-state index in [1.807, 2.05) is 48.5 Å². The molecule has 0 fully saturated rings. The van der Waals surface area contributed by atoms with E-state index < -0.39 is 0 Å². The van der Waals surface area contributed by atoms with Crippen LogP contribution in [0.5, 0.6) is 0 Å². The largest absolute Gasteiger partial charge is 0.389 e. The second-order valence-electron chi connectivity index (χ2n) is 6.08. The molecule has 0 saturated heterocycles. The highest BCUT2D eigenvalue weighted by Gasteiger charge is 2.12. The molecule has 0 spiro atoms. The maximum Gasteiger partial charge on any atom is 0.114 e. The van der Waals surface area contributed by atoms with Gasteiger partial charge in [0, 0.05) is 17.3 Å². The van der Waals surface area contributed by atoms with E-state index in [0.29, 0.717) is 18.7 Å². The monoisotopic (exact) mass is 383 g/mol. The van der Waals surface area contributed by atoms with Crippen LogP contribution in [0.2, 0.25) is 0 Å². The number of nitriles is 2. The summed E-state index contributed by atoms with van der Waals surface area (Å²) in [4.78, 5) is 0.0395. The van der Waals surface area contributed by atoms with Crippen molar-refractivity contribution in [1.82, 2.24) is 9.78 Å². The number of benzene rings is 2. The Bertz CT molecular complexity index is 1100. The third kappa shape index (κ3) is 4.32. The van der Waals surface area contributed by atoms with Crippen LogP contribution in [0.3, 0.4) is 0 Å². The van der Waals surface area contributed by atoms with Gasteiger partial charge in [-0.2, -0.15) is 15.6 Å². The highest BCUT2D eigenvalue weighted by Crippen LogP contribution is 2.27. The number of hydrogen-bond acceptors (Lipinski definition) is 4.